The molecule has 0 unspecified atom stereocenters. The molecule has 2 heterocycles. The molecule has 0 aromatic carbocycles. The van der Waals surface area contributed by atoms with Crippen molar-refractivity contribution in [1.29, 1.82) is 0 Å². The quantitative estimate of drug-likeness (QED) is 0.445. The van der Waals surface area contributed by atoms with E-state index in [0.717, 1.165) is 25.6 Å². The molecular weight excluding hydrogens is 397 g/mol. The first-order valence-electron chi connectivity index (χ1n) is 6.65. The van der Waals surface area contributed by atoms with Crippen molar-refractivity contribution in [3.05, 3.63) is 39.8 Å². The van der Waals surface area contributed by atoms with Crippen molar-refractivity contribution in [2.45, 2.75) is 26.9 Å². The minimum absolute atomic E-state index is 0. The number of thiophene rings is 1. The van der Waals surface area contributed by atoms with Gasteiger partial charge in [0.15, 0.2) is 5.96 Å². The molecule has 0 bridgehead atoms. The Kier molecular flexibility index (Phi) is 7.73. The molecule has 0 saturated carbocycles. The second kappa shape index (κ2) is 9.04. The van der Waals surface area contributed by atoms with Crippen LogP contribution in [0.2, 0.25) is 0 Å². The van der Waals surface area contributed by atoms with Gasteiger partial charge in [-0.2, -0.15) is 5.10 Å². The number of nitrogens with one attached hydrogen (secondary N) is 2. The SMILES string of the molecule is CN=C(NCCn1cc(C)cn1)NCc1sccc1C.I. The molecule has 0 aliphatic carbocycles. The van der Waals surface area contributed by atoms with E-state index in [1.165, 1.54) is 16.0 Å². The first kappa shape index (κ1) is 18.0. The third-order valence-electron chi connectivity index (χ3n) is 3.00. The summed E-state index contributed by atoms with van der Waals surface area (Å²) in [6, 6.07) is 2.14. The zero-order valence-corrected chi connectivity index (χ0v) is 15.7. The van der Waals surface area contributed by atoms with Crippen molar-refractivity contribution < 1.29 is 0 Å². The lowest BCUT2D eigenvalue weighted by Gasteiger charge is -2.11. The highest BCUT2D eigenvalue weighted by Gasteiger charge is 2.02. The van der Waals surface area contributed by atoms with E-state index in [0.29, 0.717) is 0 Å². The summed E-state index contributed by atoms with van der Waals surface area (Å²) in [6.45, 7) is 6.60. The van der Waals surface area contributed by atoms with E-state index in [9.17, 15) is 0 Å². The topological polar surface area (TPSA) is 54.2 Å². The molecule has 2 rings (SSSR count). The Bertz CT molecular complexity index is 575. The highest BCUT2D eigenvalue weighted by atomic mass is 127. The van der Waals surface area contributed by atoms with Gasteiger partial charge in [-0.25, -0.2) is 0 Å². The van der Waals surface area contributed by atoms with E-state index < -0.39 is 0 Å². The Hall–Kier alpha value is -1.09. The zero-order chi connectivity index (χ0) is 14.4. The number of guanidine groups is 1. The van der Waals surface area contributed by atoms with Gasteiger partial charge in [0, 0.05) is 24.7 Å². The van der Waals surface area contributed by atoms with Gasteiger partial charge in [-0.15, -0.1) is 35.3 Å². The van der Waals surface area contributed by atoms with Crippen LogP contribution in [0.15, 0.2) is 28.8 Å². The fraction of sp³-hybridized carbons (Fsp3) is 0.429. The number of nitrogens with zero attached hydrogens (tertiary/aromatic N) is 3. The second-order valence-corrected chi connectivity index (χ2v) is 5.66. The van der Waals surface area contributed by atoms with Crippen LogP contribution in [0.5, 0.6) is 0 Å². The number of aryl methyl sites for hydroxylation is 2. The maximum absolute atomic E-state index is 4.25. The third kappa shape index (κ3) is 5.66. The molecule has 2 aromatic rings. The number of aromatic nitrogens is 2. The van der Waals surface area contributed by atoms with Crippen molar-refractivity contribution in [3.8, 4) is 0 Å². The first-order valence-corrected chi connectivity index (χ1v) is 7.53. The molecule has 0 saturated heterocycles. The number of hydrogen-bond acceptors (Lipinski definition) is 3. The summed E-state index contributed by atoms with van der Waals surface area (Å²) in [7, 11) is 1.79. The molecule has 2 N–H and O–H groups in total. The number of rotatable bonds is 5. The molecule has 21 heavy (non-hydrogen) atoms. The highest BCUT2D eigenvalue weighted by Crippen LogP contribution is 2.14. The average molecular weight is 419 g/mol. The molecule has 0 spiro atoms. The monoisotopic (exact) mass is 419 g/mol. The van der Waals surface area contributed by atoms with Gasteiger partial charge in [0.2, 0.25) is 0 Å². The van der Waals surface area contributed by atoms with Crippen molar-refractivity contribution in [3.63, 3.8) is 0 Å². The number of hydrogen-bond donors (Lipinski definition) is 2. The normalized spacial score (nSPS) is 11.1. The van der Waals surface area contributed by atoms with Crippen LogP contribution >= 0.6 is 35.3 Å². The van der Waals surface area contributed by atoms with Crippen molar-refractivity contribution >= 4 is 41.3 Å². The lowest BCUT2D eigenvalue weighted by molar-refractivity contribution is 0.597. The Morgan fingerprint density at radius 2 is 2.19 bits per heavy atom. The summed E-state index contributed by atoms with van der Waals surface area (Å²) in [4.78, 5) is 5.57. The minimum atomic E-state index is 0. The summed E-state index contributed by atoms with van der Waals surface area (Å²) in [5.41, 5.74) is 2.51. The van der Waals surface area contributed by atoms with Gasteiger partial charge < -0.3 is 10.6 Å². The van der Waals surface area contributed by atoms with Gasteiger partial charge in [-0.3, -0.25) is 9.67 Å². The van der Waals surface area contributed by atoms with Gasteiger partial charge in [0.25, 0.3) is 0 Å². The van der Waals surface area contributed by atoms with Crippen molar-refractivity contribution in [1.82, 2.24) is 20.4 Å². The summed E-state index contributed by atoms with van der Waals surface area (Å²) in [5, 5.41) is 13.0. The van der Waals surface area contributed by atoms with Crippen LogP contribution in [0.3, 0.4) is 0 Å². The maximum atomic E-state index is 4.25. The number of aliphatic imine (C=N–C) groups is 1. The second-order valence-electron chi connectivity index (χ2n) is 4.66. The molecule has 0 aliphatic rings. The van der Waals surface area contributed by atoms with Crippen molar-refractivity contribution in [2.75, 3.05) is 13.6 Å². The molecule has 2 aromatic heterocycles. The van der Waals surface area contributed by atoms with Crippen molar-refractivity contribution in [2.24, 2.45) is 4.99 Å². The first-order chi connectivity index (χ1) is 9.69. The summed E-state index contributed by atoms with van der Waals surface area (Å²) < 4.78 is 1.93. The molecule has 7 heteroatoms. The fourth-order valence-corrected chi connectivity index (χ4v) is 2.69. The average Bonchev–Trinajstić information content (AvgIpc) is 3.03. The molecule has 0 radical (unpaired) electrons. The van der Waals surface area contributed by atoms with Crippen LogP contribution in [-0.4, -0.2) is 29.3 Å². The van der Waals surface area contributed by atoms with Gasteiger partial charge >= 0.3 is 0 Å². The third-order valence-corrected chi connectivity index (χ3v) is 4.03. The van der Waals surface area contributed by atoms with Crippen LogP contribution < -0.4 is 10.6 Å². The van der Waals surface area contributed by atoms with Crippen LogP contribution in [-0.2, 0) is 13.1 Å². The van der Waals surface area contributed by atoms with Gasteiger partial charge in [-0.1, -0.05) is 0 Å². The molecule has 0 amide bonds. The molecule has 0 aliphatic heterocycles. The standard InChI is InChI=1S/C14H21N5S.HI/c1-11-8-18-19(10-11)6-5-16-14(15-3)17-9-13-12(2)4-7-20-13;/h4,7-8,10H,5-6,9H2,1-3H3,(H2,15,16,17);1H. The lowest BCUT2D eigenvalue weighted by atomic mass is 10.3. The smallest absolute Gasteiger partial charge is 0.191 e. The van der Waals surface area contributed by atoms with Crippen LogP contribution in [0.25, 0.3) is 0 Å². The Labute approximate surface area is 146 Å². The Morgan fingerprint density at radius 3 is 2.76 bits per heavy atom. The molecular formula is C14H22IN5S. The fourth-order valence-electron chi connectivity index (χ4n) is 1.85. The van der Waals surface area contributed by atoms with Crippen LogP contribution in [0.1, 0.15) is 16.0 Å². The minimum Gasteiger partial charge on any atom is -0.355 e. The van der Waals surface area contributed by atoms with Gasteiger partial charge in [-0.05, 0) is 36.4 Å². The number of halogens is 1. The van der Waals surface area contributed by atoms with E-state index >= 15 is 0 Å². The molecule has 116 valence electrons. The maximum Gasteiger partial charge on any atom is 0.191 e. The van der Waals surface area contributed by atoms with Crippen LogP contribution in [0.4, 0.5) is 0 Å². The van der Waals surface area contributed by atoms with E-state index in [-0.39, 0.29) is 24.0 Å². The van der Waals surface area contributed by atoms with E-state index in [1.807, 2.05) is 24.0 Å². The Balaban J connectivity index is 0.00000220. The summed E-state index contributed by atoms with van der Waals surface area (Å²) in [5.74, 6) is 0.821. The lowest BCUT2D eigenvalue weighted by Crippen LogP contribution is -2.38. The predicted octanol–water partition coefficient (Wildman–Crippen LogP) is 2.54. The largest absolute Gasteiger partial charge is 0.355 e. The zero-order valence-electron chi connectivity index (χ0n) is 12.6. The van der Waals surface area contributed by atoms with E-state index in [1.54, 1.807) is 18.4 Å². The predicted molar refractivity (Wildman–Crippen MR) is 99.6 cm³/mol. The van der Waals surface area contributed by atoms with E-state index in [2.05, 4.69) is 39.1 Å². The van der Waals surface area contributed by atoms with Crippen LogP contribution in [0, 0.1) is 13.8 Å². The summed E-state index contributed by atoms with van der Waals surface area (Å²) in [6.07, 6.45) is 3.90. The Morgan fingerprint density at radius 1 is 1.38 bits per heavy atom. The highest BCUT2D eigenvalue weighted by molar-refractivity contribution is 14.0. The van der Waals surface area contributed by atoms with E-state index in [4.69, 9.17) is 0 Å². The molecule has 0 atom stereocenters. The molecule has 0 fully saturated rings. The molecule has 5 nitrogen and oxygen atoms in total. The van der Waals surface area contributed by atoms with Gasteiger partial charge in [0.05, 0.1) is 19.3 Å². The summed E-state index contributed by atoms with van der Waals surface area (Å²) >= 11 is 1.77. The van der Waals surface area contributed by atoms with Gasteiger partial charge in [0.1, 0.15) is 0 Å².